The first-order chi connectivity index (χ1) is 10.7. The Bertz CT molecular complexity index is 628. The molecule has 22 heavy (non-hydrogen) atoms. The van der Waals surface area contributed by atoms with Gasteiger partial charge in [0.1, 0.15) is 5.75 Å². The number of carbonyl (C=O) groups is 1. The van der Waals surface area contributed by atoms with Crippen molar-refractivity contribution in [3.63, 3.8) is 0 Å². The number of aromatic amines is 1. The number of hydrogen-bond acceptors (Lipinski definition) is 3. The SMILES string of the molecule is COc1ccc(CC(=O)Nc2cc([C@H]3C[CH]CC3)[nH]n2)cc1. The van der Waals surface area contributed by atoms with Crippen LogP contribution < -0.4 is 10.1 Å². The molecule has 1 amide bonds. The Morgan fingerprint density at radius 2 is 2.23 bits per heavy atom. The molecule has 1 atom stereocenters. The molecule has 0 unspecified atom stereocenters. The van der Waals surface area contributed by atoms with Gasteiger partial charge in [-0.1, -0.05) is 12.1 Å². The molecule has 0 spiro atoms. The van der Waals surface area contributed by atoms with Gasteiger partial charge in [-0.2, -0.15) is 5.10 Å². The van der Waals surface area contributed by atoms with Gasteiger partial charge in [-0.25, -0.2) is 0 Å². The molecule has 115 valence electrons. The summed E-state index contributed by atoms with van der Waals surface area (Å²) in [7, 11) is 1.62. The molecule has 1 aliphatic rings. The van der Waals surface area contributed by atoms with Crippen molar-refractivity contribution in [1.82, 2.24) is 10.2 Å². The molecule has 1 aromatic carbocycles. The highest BCUT2D eigenvalue weighted by Gasteiger charge is 2.19. The van der Waals surface area contributed by atoms with E-state index < -0.39 is 0 Å². The van der Waals surface area contributed by atoms with Gasteiger partial charge in [-0.05, 0) is 43.4 Å². The zero-order chi connectivity index (χ0) is 15.4. The Hall–Kier alpha value is -2.30. The normalized spacial score (nSPS) is 15.0. The molecule has 1 aliphatic carbocycles. The molecule has 2 aromatic rings. The van der Waals surface area contributed by atoms with Crippen LogP contribution in [0.2, 0.25) is 0 Å². The van der Waals surface area contributed by atoms with Crippen LogP contribution >= 0.6 is 0 Å². The highest BCUT2D eigenvalue weighted by molar-refractivity contribution is 5.91. The number of hydrogen-bond donors (Lipinski definition) is 2. The van der Waals surface area contributed by atoms with Crippen LogP contribution in [0.5, 0.6) is 5.75 Å². The number of aromatic nitrogens is 2. The lowest BCUT2D eigenvalue weighted by Crippen LogP contribution is -2.14. The average molecular weight is 298 g/mol. The van der Waals surface area contributed by atoms with Crippen LogP contribution in [0.15, 0.2) is 30.3 Å². The predicted molar refractivity (Wildman–Crippen MR) is 84.8 cm³/mol. The van der Waals surface area contributed by atoms with E-state index in [4.69, 9.17) is 4.74 Å². The van der Waals surface area contributed by atoms with Gasteiger partial charge in [-0.3, -0.25) is 9.89 Å². The first kappa shape index (κ1) is 14.6. The second-order valence-corrected chi connectivity index (χ2v) is 5.58. The van der Waals surface area contributed by atoms with Crippen molar-refractivity contribution in [2.24, 2.45) is 0 Å². The summed E-state index contributed by atoms with van der Waals surface area (Å²) in [4.78, 5) is 12.1. The predicted octanol–water partition coefficient (Wildman–Crippen LogP) is 3.07. The van der Waals surface area contributed by atoms with E-state index in [1.807, 2.05) is 30.3 Å². The van der Waals surface area contributed by atoms with E-state index in [2.05, 4.69) is 21.9 Å². The van der Waals surface area contributed by atoms with Crippen LogP contribution in [-0.2, 0) is 11.2 Å². The van der Waals surface area contributed by atoms with Crippen molar-refractivity contribution >= 4 is 11.7 Å². The highest BCUT2D eigenvalue weighted by atomic mass is 16.5. The minimum absolute atomic E-state index is 0.0683. The lowest BCUT2D eigenvalue weighted by Gasteiger charge is -2.04. The minimum atomic E-state index is -0.0683. The molecule has 1 saturated carbocycles. The largest absolute Gasteiger partial charge is 0.497 e. The summed E-state index contributed by atoms with van der Waals surface area (Å²) < 4.78 is 5.10. The van der Waals surface area contributed by atoms with Crippen LogP contribution in [0, 0.1) is 6.42 Å². The number of benzene rings is 1. The van der Waals surface area contributed by atoms with Crippen molar-refractivity contribution in [2.75, 3.05) is 12.4 Å². The number of nitrogens with one attached hydrogen (secondary N) is 2. The van der Waals surface area contributed by atoms with Crippen molar-refractivity contribution < 1.29 is 9.53 Å². The Balaban J connectivity index is 1.56. The van der Waals surface area contributed by atoms with E-state index in [0.717, 1.165) is 36.3 Å². The molecule has 5 heteroatoms. The van der Waals surface area contributed by atoms with Gasteiger partial charge >= 0.3 is 0 Å². The number of nitrogens with zero attached hydrogens (tertiary/aromatic N) is 1. The Morgan fingerprint density at radius 1 is 1.41 bits per heavy atom. The monoisotopic (exact) mass is 298 g/mol. The summed E-state index contributed by atoms with van der Waals surface area (Å²) in [5.41, 5.74) is 2.05. The topological polar surface area (TPSA) is 67.0 Å². The summed E-state index contributed by atoms with van der Waals surface area (Å²) >= 11 is 0. The van der Waals surface area contributed by atoms with E-state index >= 15 is 0 Å². The van der Waals surface area contributed by atoms with Crippen molar-refractivity contribution in [3.05, 3.63) is 48.0 Å². The fourth-order valence-electron chi connectivity index (χ4n) is 2.76. The lowest BCUT2D eigenvalue weighted by atomic mass is 10.0. The molecule has 3 rings (SSSR count). The molecule has 0 aliphatic heterocycles. The molecule has 2 N–H and O–H groups in total. The van der Waals surface area contributed by atoms with Crippen LogP contribution in [0.25, 0.3) is 0 Å². The van der Waals surface area contributed by atoms with Gasteiger partial charge in [0, 0.05) is 17.7 Å². The summed E-state index contributed by atoms with van der Waals surface area (Å²) in [6, 6.07) is 9.43. The van der Waals surface area contributed by atoms with E-state index in [1.54, 1.807) is 7.11 Å². The van der Waals surface area contributed by atoms with E-state index in [0.29, 0.717) is 18.2 Å². The Morgan fingerprint density at radius 3 is 2.91 bits per heavy atom. The van der Waals surface area contributed by atoms with E-state index in [1.165, 1.54) is 0 Å². The maximum absolute atomic E-state index is 12.1. The smallest absolute Gasteiger partial charge is 0.229 e. The number of methoxy groups -OCH3 is 1. The van der Waals surface area contributed by atoms with Crippen LogP contribution in [0.1, 0.15) is 36.4 Å². The fourth-order valence-corrected chi connectivity index (χ4v) is 2.76. The maximum Gasteiger partial charge on any atom is 0.229 e. The fraction of sp³-hybridized carbons (Fsp3) is 0.353. The van der Waals surface area contributed by atoms with Gasteiger partial charge in [-0.15, -0.1) is 0 Å². The summed E-state index contributed by atoms with van der Waals surface area (Å²) in [5, 5.41) is 10.0. The van der Waals surface area contributed by atoms with Crippen molar-refractivity contribution in [1.29, 1.82) is 0 Å². The third-order valence-electron chi connectivity index (χ3n) is 4.00. The number of amides is 1. The molecule has 1 heterocycles. The molecule has 1 radical (unpaired) electrons. The van der Waals surface area contributed by atoms with Crippen LogP contribution in [0.4, 0.5) is 5.82 Å². The van der Waals surface area contributed by atoms with Gasteiger partial charge in [0.15, 0.2) is 5.82 Å². The average Bonchev–Trinajstić information content (AvgIpc) is 3.19. The molecule has 0 saturated heterocycles. The molecular weight excluding hydrogens is 278 g/mol. The van der Waals surface area contributed by atoms with E-state index in [-0.39, 0.29) is 5.91 Å². The third kappa shape index (κ3) is 3.47. The second-order valence-electron chi connectivity index (χ2n) is 5.58. The first-order valence-electron chi connectivity index (χ1n) is 7.54. The highest BCUT2D eigenvalue weighted by Crippen LogP contribution is 2.33. The zero-order valence-electron chi connectivity index (χ0n) is 12.6. The number of anilines is 1. The van der Waals surface area contributed by atoms with Gasteiger partial charge in [0.2, 0.25) is 5.91 Å². The quantitative estimate of drug-likeness (QED) is 0.891. The summed E-state index contributed by atoms with van der Waals surface area (Å²) in [6.07, 6.45) is 6.02. The summed E-state index contributed by atoms with van der Waals surface area (Å²) in [6.45, 7) is 0. The molecule has 1 aromatic heterocycles. The molecule has 5 nitrogen and oxygen atoms in total. The van der Waals surface area contributed by atoms with Gasteiger partial charge < -0.3 is 10.1 Å². The lowest BCUT2D eigenvalue weighted by molar-refractivity contribution is -0.115. The van der Waals surface area contributed by atoms with Gasteiger partial charge in [0.05, 0.1) is 13.5 Å². The van der Waals surface area contributed by atoms with Crippen LogP contribution in [-0.4, -0.2) is 23.2 Å². The third-order valence-corrected chi connectivity index (χ3v) is 4.00. The Kier molecular flexibility index (Phi) is 4.42. The standard InChI is InChI=1S/C17H20N3O2/c1-22-14-8-6-12(7-9-14)10-17(21)18-16-11-15(19-20-16)13-4-2-3-5-13/h2,6-9,11,13H,3-5,10H2,1H3,(H2,18,19,20,21)/t13-/m0/s1. The van der Waals surface area contributed by atoms with Crippen LogP contribution in [0.3, 0.4) is 0 Å². The number of ether oxygens (including phenoxy) is 1. The van der Waals surface area contributed by atoms with Gasteiger partial charge in [0.25, 0.3) is 0 Å². The molecule has 1 fully saturated rings. The molecular formula is C17H20N3O2. The van der Waals surface area contributed by atoms with E-state index in [9.17, 15) is 4.79 Å². The minimum Gasteiger partial charge on any atom is -0.497 e. The number of carbonyl (C=O) groups excluding carboxylic acids is 1. The summed E-state index contributed by atoms with van der Waals surface area (Å²) in [5.74, 6) is 1.83. The maximum atomic E-state index is 12.1. The Labute approximate surface area is 130 Å². The first-order valence-corrected chi connectivity index (χ1v) is 7.54. The molecule has 0 bridgehead atoms. The zero-order valence-corrected chi connectivity index (χ0v) is 12.6. The number of H-pyrrole nitrogens is 1. The number of rotatable bonds is 5. The second kappa shape index (κ2) is 6.64. The van der Waals surface area contributed by atoms with Crippen molar-refractivity contribution in [2.45, 2.75) is 31.6 Å². The van der Waals surface area contributed by atoms with Crippen molar-refractivity contribution in [3.8, 4) is 5.75 Å².